The minimum absolute atomic E-state index is 0.293. The van der Waals surface area contributed by atoms with Gasteiger partial charge in [-0.25, -0.2) is 0 Å². The summed E-state index contributed by atoms with van der Waals surface area (Å²) in [7, 11) is 3.21. The van der Waals surface area contributed by atoms with E-state index in [4.69, 9.17) is 9.47 Å². The van der Waals surface area contributed by atoms with Gasteiger partial charge in [0, 0.05) is 12.8 Å². The fraction of sp³-hybridized carbons (Fsp3) is 0.562. The Labute approximate surface area is 115 Å². The molecule has 0 amide bonds. The van der Waals surface area contributed by atoms with Gasteiger partial charge in [0.25, 0.3) is 0 Å². The first-order valence-electron chi connectivity index (χ1n) is 6.87. The average molecular weight is 264 g/mol. The highest BCUT2D eigenvalue weighted by atomic mass is 16.5. The Hall–Kier alpha value is -1.51. The van der Waals surface area contributed by atoms with E-state index in [1.54, 1.807) is 14.2 Å². The molecule has 106 valence electrons. The van der Waals surface area contributed by atoms with Gasteiger partial charge >= 0.3 is 0 Å². The average Bonchev–Trinajstić information content (AvgIpc) is 2.44. The van der Waals surface area contributed by atoms with Gasteiger partial charge in [0.15, 0.2) is 11.5 Å². The van der Waals surface area contributed by atoms with E-state index < -0.39 is 0 Å². The lowest BCUT2D eigenvalue weighted by atomic mass is 9.94. The van der Waals surface area contributed by atoms with E-state index >= 15 is 0 Å². The summed E-state index contributed by atoms with van der Waals surface area (Å²) in [5, 5.41) is 0. The second-order valence-electron chi connectivity index (χ2n) is 4.79. The highest BCUT2D eigenvalue weighted by Gasteiger charge is 2.12. The lowest BCUT2D eigenvalue weighted by Crippen LogP contribution is -2.09. The summed E-state index contributed by atoms with van der Waals surface area (Å²) in [5.74, 6) is 2.17. The van der Waals surface area contributed by atoms with E-state index in [1.807, 2.05) is 18.2 Å². The number of carbonyl (C=O) groups is 1. The van der Waals surface area contributed by atoms with E-state index in [-0.39, 0.29) is 0 Å². The summed E-state index contributed by atoms with van der Waals surface area (Å²) < 4.78 is 10.4. The summed E-state index contributed by atoms with van der Waals surface area (Å²) in [6.45, 7) is 4.27. The summed E-state index contributed by atoms with van der Waals surface area (Å²) in [5.41, 5.74) is 0.980. The number of rotatable bonds is 8. The molecule has 0 fully saturated rings. The number of Topliss-reactive ketones (excluding diaryl/α,β-unsaturated/α-hetero) is 1. The quantitative estimate of drug-likeness (QED) is 0.719. The normalized spacial score (nSPS) is 10.6. The van der Waals surface area contributed by atoms with Gasteiger partial charge in [0.1, 0.15) is 5.78 Å². The van der Waals surface area contributed by atoms with Crippen molar-refractivity contribution in [3.8, 4) is 11.5 Å². The van der Waals surface area contributed by atoms with Crippen molar-refractivity contribution in [2.45, 2.75) is 39.5 Å². The molecule has 0 radical (unpaired) electrons. The second kappa shape index (κ2) is 7.82. The molecule has 0 unspecified atom stereocenters. The second-order valence-corrected chi connectivity index (χ2v) is 4.79. The van der Waals surface area contributed by atoms with Crippen molar-refractivity contribution in [3.05, 3.63) is 23.8 Å². The van der Waals surface area contributed by atoms with E-state index in [0.29, 0.717) is 36.0 Å². The molecular weight excluding hydrogens is 240 g/mol. The molecule has 0 spiro atoms. The Morgan fingerprint density at radius 2 is 1.74 bits per heavy atom. The number of ketones is 1. The molecule has 0 saturated heterocycles. The van der Waals surface area contributed by atoms with Crippen LogP contribution in [0.25, 0.3) is 0 Å². The summed E-state index contributed by atoms with van der Waals surface area (Å²) >= 11 is 0. The molecule has 1 rings (SSSR count). The highest BCUT2D eigenvalue weighted by molar-refractivity contribution is 5.81. The van der Waals surface area contributed by atoms with Gasteiger partial charge in [-0.2, -0.15) is 0 Å². The van der Waals surface area contributed by atoms with Gasteiger partial charge < -0.3 is 9.47 Å². The van der Waals surface area contributed by atoms with Crippen molar-refractivity contribution in [3.63, 3.8) is 0 Å². The van der Waals surface area contributed by atoms with Gasteiger partial charge in [-0.15, -0.1) is 0 Å². The number of hydrogen-bond acceptors (Lipinski definition) is 3. The van der Waals surface area contributed by atoms with Crippen LogP contribution in [-0.2, 0) is 11.2 Å². The van der Waals surface area contributed by atoms with Gasteiger partial charge in [0.2, 0.25) is 0 Å². The van der Waals surface area contributed by atoms with Crippen molar-refractivity contribution < 1.29 is 14.3 Å². The standard InChI is InChI=1S/C16H24O3/c1-5-12(6-2)9-14(17)10-13-7-8-15(18-3)16(11-13)19-4/h7-8,11-12H,5-6,9-10H2,1-4H3. The number of hydrogen-bond donors (Lipinski definition) is 0. The molecule has 0 atom stereocenters. The monoisotopic (exact) mass is 264 g/mol. The number of ether oxygens (including phenoxy) is 2. The van der Waals surface area contributed by atoms with Gasteiger partial charge in [0.05, 0.1) is 14.2 Å². The maximum Gasteiger partial charge on any atom is 0.161 e. The Balaban J connectivity index is 2.69. The van der Waals surface area contributed by atoms with Gasteiger partial charge in [-0.1, -0.05) is 32.8 Å². The topological polar surface area (TPSA) is 35.5 Å². The van der Waals surface area contributed by atoms with Crippen LogP contribution in [0.15, 0.2) is 18.2 Å². The lowest BCUT2D eigenvalue weighted by molar-refractivity contribution is -0.119. The Morgan fingerprint density at radius 3 is 2.26 bits per heavy atom. The zero-order valence-corrected chi connectivity index (χ0v) is 12.4. The van der Waals surface area contributed by atoms with Crippen LogP contribution in [0, 0.1) is 5.92 Å². The minimum Gasteiger partial charge on any atom is -0.493 e. The lowest BCUT2D eigenvalue weighted by Gasteiger charge is -2.12. The van der Waals surface area contributed by atoms with Crippen LogP contribution in [0.1, 0.15) is 38.7 Å². The summed E-state index contributed by atoms with van der Waals surface area (Å²) in [6, 6.07) is 5.65. The van der Waals surface area contributed by atoms with Gasteiger partial charge in [-0.3, -0.25) is 4.79 Å². The van der Waals surface area contributed by atoms with Crippen LogP contribution >= 0.6 is 0 Å². The summed E-state index contributed by atoms with van der Waals surface area (Å²) in [4.78, 5) is 12.0. The smallest absolute Gasteiger partial charge is 0.161 e. The van der Waals surface area contributed by atoms with Crippen LogP contribution in [0.3, 0.4) is 0 Å². The Kier molecular flexibility index (Phi) is 6.40. The number of carbonyl (C=O) groups excluding carboxylic acids is 1. The molecule has 1 aromatic carbocycles. The molecule has 0 saturated carbocycles. The summed E-state index contributed by atoms with van der Waals surface area (Å²) in [6.07, 6.45) is 3.26. The zero-order valence-electron chi connectivity index (χ0n) is 12.4. The molecular formula is C16H24O3. The maximum absolute atomic E-state index is 12.0. The molecule has 0 bridgehead atoms. The first-order chi connectivity index (χ1) is 9.14. The first-order valence-corrected chi connectivity index (χ1v) is 6.87. The van der Waals surface area contributed by atoms with Crippen molar-refractivity contribution in [1.29, 1.82) is 0 Å². The predicted molar refractivity (Wildman–Crippen MR) is 76.9 cm³/mol. The molecule has 0 aliphatic rings. The molecule has 0 aliphatic heterocycles. The number of benzene rings is 1. The SMILES string of the molecule is CCC(CC)CC(=O)Cc1ccc(OC)c(OC)c1. The largest absolute Gasteiger partial charge is 0.493 e. The fourth-order valence-corrected chi connectivity index (χ4v) is 2.19. The molecule has 3 heteroatoms. The van der Waals surface area contributed by atoms with Gasteiger partial charge in [-0.05, 0) is 23.6 Å². The third-order valence-corrected chi connectivity index (χ3v) is 3.52. The van der Waals surface area contributed by atoms with E-state index in [2.05, 4.69) is 13.8 Å². The predicted octanol–water partition coefficient (Wildman–Crippen LogP) is 3.64. The van der Waals surface area contributed by atoms with Crippen LogP contribution in [0.2, 0.25) is 0 Å². The van der Waals surface area contributed by atoms with Crippen molar-refractivity contribution in [1.82, 2.24) is 0 Å². The van der Waals surface area contributed by atoms with Crippen LogP contribution in [-0.4, -0.2) is 20.0 Å². The maximum atomic E-state index is 12.0. The molecule has 0 aromatic heterocycles. The Morgan fingerprint density at radius 1 is 1.11 bits per heavy atom. The Bertz CT molecular complexity index is 408. The molecule has 1 aromatic rings. The molecule has 0 N–H and O–H groups in total. The van der Waals surface area contributed by atoms with Crippen LogP contribution < -0.4 is 9.47 Å². The van der Waals surface area contributed by atoms with Crippen LogP contribution in [0.4, 0.5) is 0 Å². The van der Waals surface area contributed by atoms with E-state index in [9.17, 15) is 4.79 Å². The molecule has 0 heterocycles. The highest BCUT2D eigenvalue weighted by Crippen LogP contribution is 2.28. The fourth-order valence-electron chi connectivity index (χ4n) is 2.19. The van der Waals surface area contributed by atoms with Crippen molar-refractivity contribution in [2.75, 3.05) is 14.2 Å². The minimum atomic E-state index is 0.293. The zero-order chi connectivity index (χ0) is 14.3. The molecule has 3 nitrogen and oxygen atoms in total. The number of methoxy groups -OCH3 is 2. The van der Waals surface area contributed by atoms with E-state index in [0.717, 1.165) is 18.4 Å². The van der Waals surface area contributed by atoms with Crippen molar-refractivity contribution >= 4 is 5.78 Å². The first kappa shape index (κ1) is 15.5. The molecule has 0 aliphatic carbocycles. The molecule has 19 heavy (non-hydrogen) atoms. The van der Waals surface area contributed by atoms with Crippen molar-refractivity contribution in [2.24, 2.45) is 5.92 Å². The van der Waals surface area contributed by atoms with E-state index in [1.165, 1.54) is 0 Å². The third-order valence-electron chi connectivity index (χ3n) is 3.52. The third kappa shape index (κ3) is 4.58. The van der Waals surface area contributed by atoms with Crippen LogP contribution in [0.5, 0.6) is 11.5 Å².